The topological polar surface area (TPSA) is 92.9 Å². The molecule has 2 N–H and O–H groups in total. The average Bonchev–Trinajstić information content (AvgIpc) is 3.19. The predicted molar refractivity (Wildman–Crippen MR) is 90.2 cm³/mol. The van der Waals surface area contributed by atoms with E-state index < -0.39 is 0 Å². The number of carbonyl (C=O) groups excluding carboxylic acids is 1. The monoisotopic (exact) mass is 347 g/mol. The van der Waals surface area contributed by atoms with E-state index in [4.69, 9.17) is 0 Å². The molecule has 23 heavy (non-hydrogen) atoms. The number of thioether (sulfide) groups is 1. The van der Waals surface area contributed by atoms with Crippen LogP contribution in [-0.4, -0.2) is 27.0 Å². The molecule has 1 aromatic carbocycles. The van der Waals surface area contributed by atoms with Crippen LogP contribution in [0.4, 0.5) is 16.6 Å². The minimum Gasteiger partial charge on any atom is -0.363 e. The van der Waals surface area contributed by atoms with Gasteiger partial charge in [-0.3, -0.25) is 4.79 Å². The first-order chi connectivity index (χ1) is 11.2. The van der Waals surface area contributed by atoms with Gasteiger partial charge >= 0.3 is 0 Å². The van der Waals surface area contributed by atoms with Gasteiger partial charge < -0.3 is 15.2 Å². The van der Waals surface area contributed by atoms with Gasteiger partial charge in [0.15, 0.2) is 10.2 Å². The molecule has 0 aliphatic heterocycles. The number of nitrogens with one attached hydrogen (secondary N) is 2. The van der Waals surface area contributed by atoms with Crippen LogP contribution in [0.15, 0.2) is 45.5 Å². The van der Waals surface area contributed by atoms with E-state index in [0.29, 0.717) is 10.9 Å². The molecule has 0 unspecified atom stereocenters. The molecule has 0 aliphatic carbocycles. The lowest BCUT2D eigenvalue weighted by atomic mass is 10.2. The summed E-state index contributed by atoms with van der Waals surface area (Å²) >= 11 is 2.72. The first-order valence-electron chi connectivity index (χ1n) is 6.70. The van der Waals surface area contributed by atoms with Crippen molar-refractivity contribution < 1.29 is 9.32 Å². The molecule has 9 heteroatoms. The molecule has 0 atom stereocenters. The summed E-state index contributed by atoms with van der Waals surface area (Å²) < 4.78 is 5.37. The molecule has 0 saturated heterocycles. The molecule has 2 aromatic heterocycles. The Morgan fingerprint density at radius 1 is 1.30 bits per heavy atom. The van der Waals surface area contributed by atoms with Gasteiger partial charge in [0.25, 0.3) is 0 Å². The van der Waals surface area contributed by atoms with Crippen molar-refractivity contribution in [2.24, 2.45) is 0 Å². The molecule has 0 radical (unpaired) electrons. The van der Waals surface area contributed by atoms with Gasteiger partial charge in [-0.2, -0.15) is 0 Å². The Morgan fingerprint density at radius 2 is 2.17 bits per heavy atom. The van der Waals surface area contributed by atoms with Crippen LogP contribution in [0.3, 0.4) is 0 Å². The highest BCUT2D eigenvalue weighted by Gasteiger charge is 2.10. The van der Waals surface area contributed by atoms with E-state index in [1.54, 1.807) is 6.07 Å². The molecule has 0 aliphatic rings. The summed E-state index contributed by atoms with van der Waals surface area (Å²) in [5.74, 6) is 0.452. The quantitative estimate of drug-likeness (QED) is 0.661. The maximum Gasteiger partial charge on any atom is 0.236 e. The number of aromatic nitrogens is 3. The maximum absolute atomic E-state index is 11.8. The van der Waals surface area contributed by atoms with Crippen molar-refractivity contribution >= 4 is 45.6 Å². The van der Waals surface area contributed by atoms with E-state index in [2.05, 4.69) is 30.5 Å². The molecule has 3 aromatic rings. The summed E-state index contributed by atoms with van der Waals surface area (Å²) in [6.07, 6.45) is 1.40. The van der Waals surface area contributed by atoms with Crippen LogP contribution in [0.2, 0.25) is 0 Å². The number of nitrogens with zero attached hydrogens (tertiary/aromatic N) is 3. The average molecular weight is 347 g/mol. The smallest absolute Gasteiger partial charge is 0.236 e. The molecule has 7 nitrogen and oxygen atoms in total. The molecule has 2 heterocycles. The van der Waals surface area contributed by atoms with Crippen LogP contribution >= 0.6 is 23.1 Å². The number of aryl methyl sites for hydroxylation is 1. The van der Waals surface area contributed by atoms with Gasteiger partial charge in [-0.05, 0) is 18.6 Å². The van der Waals surface area contributed by atoms with Crippen LogP contribution < -0.4 is 10.6 Å². The summed E-state index contributed by atoms with van der Waals surface area (Å²) in [6, 6.07) is 9.52. The molecule has 1 amide bonds. The normalized spacial score (nSPS) is 10.5. The lowest BCUT2D eigenvalue weighted by molar-refractivity contribution is -0.113. The van der Waals surface area contributed by atoms with Crippen LogP contribution in [-0.2, 0) is 4.79 Å². The van der Waals surface area contributed by atoms with Crippen LogP contribution in [0.1, 0.15) is 5.56 Å². The molecule has 0 bridgehead atoms. The molecule has 3 rings (SSSR count). The second kappa shape index (κ2) is 7.25. The SMILES string of the molecule is Cc1ccccc1Nc1nnc(SCC(=O)Nc2ccon2)s1. The largest absolute Gasteiger partial charge is 0.363 e. The standard InChI is InChI=1S/C14H13N5O2S2/c1-9-4-2-3-5-10(9)15-13-17-18-14(23-13)22-8-12(20)16-11-6-7-21-19-11/h2-7H,8H2,1H3,(H,15,17)(H,16,19,20). The Labute approximate surface area is 140 Å². The van der Waals surface area contributed by atoms with E-state index in [-0.39, 0.29) is 11.7 Å². The molecular weight excluding hydrogens is 334 g/mol. The fourth-order valence-corrected chi connectivity index (χ4v) is 3.29. The number of benzene rings is 1. The van der Waals surface area contributed by atoms with Gasteiger partial charge in [0.1, 0.15) is 6.26 Å². The van der Waals surface area contributed by atoms with Gasteiger partial charge in [-0.25, -0.2) is 0 Å². The third-order valence-corrected chi connectivity index (χ3v) is 4.80. The van der Waals surface area contributed by atoms with Gasteiger partial charge in [-0.1, -0.05) is 46.5 Å². The summed E-state index contributed by atoms with van der Waals surface area (Å²) in [7, 11) is 0. The molecule has 0 saturated carbocycles. The Kier molecular flexibility index (Phi) is 4.89. The molecule has 0 spiro atoms. The van der Waals surface area contributed by atoms with E-state index in [9.17, 15) is 4.79 Å². The van der Waals surface area contributed by atoms with Crippen molar-refractivity contribution in [1.29, 1.82) is 0 Å². The molecule has 0 fully saturated rings. The fraction of sp³-hybridized carbons (Fsp3) is 0.143. The molecular formula is C14H13N5O2S2. The minimum atomic E-state index is -0.174. The number of hydrogen-bond acceptors (Lipinski definition) is 8. The number of para-hydroxylation sites is 1. The first kappa shape index (κ1) is 15.5. The predicted octanol–water partition coefficient (Wildman–Crippen LogP) is 3.31. The maximum atomic E-state index is 11.8. The van der Waals surface area contributed by atoms with Crippen LogP contribution in [0.25, 0.3) is 0 Å². The first-order valence-corrected chi connectivity index (χ1v) is 8.50. The zero-order valence-corrected chi connectivity index (χ0v) is 13.8. The summed E-state index contributed by atoms with van der Waals surface area (Å²) in [5.41, 5.74) is 2.12. The van der Waals surface area contributed by atoms with Crippen LogP contribution in [0.5, 0.6) is 0 Å². The second-order valence-corrected chi connectivity index (χ2v) is 6.73. The van der Waals surface area contributed by atoms with Crippen molar-refractivity contribution in [3.8, 4) is 0 Å². The van der Waals surface area contributed by atoms with Crippen molar-refractivity contribution in [3.63, 3.8) is 0 Å². The fourth-order valence-electron chi connectivity index (χ4n) is 1.73. The highest BCUT2D eigenvalue weighted by atomic mass is 32.2. The van der Waals surface area contributed by atoms with Gasteiger partial charge in [0.2, 0.25) is 11.0 Å². The van der Waals surface area contributed by atoms with E-state index in [1.165, 1.54) is 29.4 Å². The van der Waals surface area contributed by atoms with Gasteiger partial charge in [-0.15, -0.1) is 10.2 Å². The summed E-state index contributed by atoms with van der Waals surface area (Å²) in [4.78, 5) is 11.8. The minimum absolute atomic E-state index is 0.174. The summed E-state index contributed by atoms with van der Waals surface area (Å²) in [5, 5.41) is 18.3. The number of amides is 1. The van der Waals surface area contributed by atoms with E-state index in [1.807, 2.05) is 31.2 Å². The van der Waals surface area contributed by atoms with Gasteiger partial charge in [0, 0.05) is 11.8 Å². The zero-order chi connectivity index (χ0) is 16.1. The number of rotatable bonds is 6. The van der Waals surface area contributed by atoms with Crippen LogP contribution in [0, 0.1) is 6.92 Å². The Morgan fingerprint density at radius 3 is 2.96 bits per heavy atom. The van der Waals surface area contributed by atoms with Crippen molar-refractivity contribution in [2.45, 2.75) is 11.3 Å². The highest BCUT2D eigenvalue weighted by molar-refractivity contribution is 8.01. The van der Waals surface area contributed by atoms with Crippen molar-refractivity contribution in [3.05, 3.63) is 42.2 Å². The van der Waals surface area contributed by atoms with E-state index in [0.717, 1.165) is 15.6 Å². The number of carbonyl (C=O) groups is 1. The highest BCUT2D eigenvalue weighted by Crippen LogP contribution is 2.28. The third kappa shape index (κ3) is 4.30. The Balaban J connectivity index is 1.53. The molecule has 118 valence electrons. The Hall–Kier alpha value is -2.39. The Bertz CT molecular complexity index is 788. The number of anilines is 3. The second-order valence-electron chi connectivity index (χ2n) is 4.53. The number of hydrogen-bond donors (Lipinski definition) is 2. The van der Waals surface area contributed by atoms with Crippen molar-refractivity contribution in [2.75, 3.05) is 16.4 Å². The van der Waals surface area contributed by atoms with Crippen molar-refractivity contribution in [1.82, 2.24) is 15.4 Å². The third-order valence-electron chi connectivity index (χ3n) is 2.83. The zero-order valence-electron chi connectivity index (χ0n) is 12.1. The van der Waals surface area contributed by atoms with E-state index >= 15 is 0 Å². The summed E-state index contributed by atoms with van der Waals surface area (Å²) in [6.45, 7) is 2.02. The van der Waals surface area contributed by atoms with Gasteiger partial charge in [0.05, 0.1) is 5.75 Å². The lowest BCUT2D eigenvalue weighted by Crippen LogP contribution is -2.14. The lowest BCUT2D eigenvalue weighted by Gasteiger charge is -2.04.